The number of hydrogen-bond donors (Lipinski definition) is 2. The van der Waals surface area contributed by atoms with Gasteiger partial charge in [-0.3, -0.25) is 4.79 Å². The van der Waals surface area contributed by atoms with Crippen molar-refractivity contribution in [1.29, 1.82) is 0 Å². The third-order valence-electron chi connectivity index (χ3n) is 4.74. The van der Waals surface area contributed by atoms with E-state index in [0.717, 1.165) is 17.7 Å². The van der Waals surface area contributed by atoms with Crippen molar-refractivity contribution in [3.05, 3.63) is 29.3 Å². The predicted octanol–water partition coefficient (Wildman–Crippen LogP) is 2.26. The van der Waals surface area contributed by atoms with Gasteiger partial charge < -0.3 is 15.8 Å². The van der Waals surface area contributed by atoms with Gasteiger partial charge in [-0.1, -0.05) is 19.3 Å². The van der Waals surface area contributed by atoms with Gasteiger partial charge in [-0.2, -0.15) is 0 Å². The number of ether oxygens (including phenoxy) is 1. The zero-order valence-corrected chi connectivity index (χ0v) is 12.4. The lowest BCUT2D eigenvalue weighted by molar-refractivity contribution is 0.0915. The molecule has 21 heavy (non-hydrogen) atoms. The second-order valence-corrected chi connectivity index (χ2v) is 6.13. The van der Waals surface area contributed by atoms with Crippen molar-refractivity contribution in [2.24, 2.45) is 11.7 Å². The molecule has 0 saturated heterocycles. The number of nitrogens with two attached hydrogens (primary N) is 1. The monoisotopic (exact) mass is 288 g/mol. The van der Waals surface area contributed by atoms with Crippen LogP contribution in [0.5, 0.6) is 5.75 Å². The average Bonchev–Trinajstić information content (AvgIpc) is 3.00. The van der Waals surface area contributed by atoms with E-state index >= 15 is 0 Å². The van der Waals surface area contributed by atoms with Crippen LogP contribution in [0.2, 0.25) is 0 Å². The lowest BCUT2D eigenvalue weighted by atomic mass is 9.84. The maximum Gasteiger partial charge on any atom is 0.251 e. The van der Waals surface area contributed by atoms with Crippen molar-refractivity contribution in [2.45, 2.75) is 44.6 Å². The molecular weight excluding hydrogens is 264 g/mol. The highest BCUT2D eigenvalue weighted by atomic mass is 16.5. The van der Waals surface area contributed by atoms with Crippen LogP contribution in [-0.2, 0) is 6.42 Å². The summed E-state index contributed by atoms with van der Waals surface area (Å²) in [5.41, 5.74) is 7.73. The minimum Gasteiger partial charge on any atom is -0.493 e. The van der Waals surface area contributed by atoms with E-state index in [1.54, 1.807) is 0 Å². The molecular formula is C17H24N2O2. The molecule has 1 aliphatic carbocycles. The largest absolute Gasteiger partial charge is 0.493 e. The van der Waals surface area contributed by atoms with E-state index in [0.29, 0.717) is 24.6 Å². The molecule has 1 unspecified atom stereocenters. The van der Waals surface area contributed by atoms with Gasteiger partial charge in [-0.05, 0) is 42.5 Å². The lowest BCUT2D eigenvalue weighted by Crippen LogP contribution is -2.45. The number of amides is 1. The Labute approximate surface area is 126 Å². The fourth-order valence-corrected chi connectivity index (χ4v) is 3.49. The Morgan fingerprint density at radius 2 is 2.14 bits per heavy atom. The normalized spacial score (nSPS) is 19.7. The number of nitrogens with one attached hydrogen (secondary N) is 1. The number of carbonyl (C=O) groups is 1. The number of fused-ring (bicyclic) bond motifs is 1. The van der Waals surface area contributed by atoms with Crippen LogP contribution < -0.4 is 15.8 Å². The van der Waals surface area contributed by atoms with E-state index in [1.807, 2.05) is 18.2 Å². The van der Waals surface area contributed by atoms with Gasteiger partial charge in [0, 0.05) is 24.6 Å². The van der Waals surface area contributed by atoms with Crippen molar-refractivity contribution in [3.63, 3.8) is 0 Å². The van der Waals surface area contributed by atoms with E-state index in [9.17, 15) is 4.79 Å². The van der Waals surface area contributed by atoms with Crippen molar-refractivity contribution in [1.82, 2.24) is 5.32 Å². The zero-order valence-electron chi connectivity index (χ0n) is 12.4. The highest BCUT2D eigenvalue weighted by Gasteiger charge is 2.24. The first-order valence-electron chi connectivity index (χ1n) is 8.04. The van der Waals surface area contributed by atoms with Crippen LogP contribution >= 0.6 is 0 Å². The first-order chi connectivity index (χ1) is 10.3. The summed E-state index contributed by atoms with van der Waals surface area (Å²) in [7, 11) is 0. The molecule has 1 heterocycles. The summed E-state index contributed by atoms with van der Waals surface area (Å²) in [4.78, 5) is 12.4. The standard InChI is InChI=1S/C17H24N2O2/c18-11-15(12-4-2-1-3-5-12)19-17(20)14-6-7-16-13(10-14)8-9-21-16/h6-7,10,12,15H,1-5,8-9,11,18H2,(H,19,20). The maximum absolute atomic E-state index is 12.4. The molecule has 0 spiro atoms. The Hall–Kier alpha value is -1.55. The molecule has 1 atom stereocenters. The van der Waals surface area contributed by atoms with Crippen molar-refractivity contribution in [3.8, 4) is 5.75 Å². The molecule has 0 aromatic heterocycles. The first kappa shape index (κ1) is 14.4. The Morgan fingerprint density at radius 1 is 1.33 bits per heavy atom. The summed E-state index contributed by atoms with van der Waals surface area (Å²) < 4.78 is 5.48. The maximum atomic E-state index is 12.4. The number of benzene rings is 1. The Balaban J connectivity index is 1.66. The summed E-state index contributed by atoms with van der Waals surface area (Å²) in [5, 5.41) is 3.14. The van der Waals surface area contributed by atoms with Crippen molar-refractivity contribution in [2.75, 3.05) is 13.2 Å². The zero-order chi connectivity index (χ0) is 14.7. The van der Waals surface area contributed by atoms with Gasteiger partial charge in [-0.25, -0.2) is 0 Å². The van der Waals surface area contributed by atoms with Crippen LogP contribution in [0, 0.1) is 5.92 Å². The SMILES string of the molecule is NCC(NC(=O)c1ccc2c(c1)CCO2)C1CCCCC1. The molecule has 1 aromatic carbocycles. The molecule has 4 heteroatoms. The highest BCUT2D eigenvalue weighted by molar-refractivity contribution is 5.94. The predicted molar refractivity (Wildman–Crippen MR) is 82.5 cm³/mol. The molecule has 1 aromatic rings. The Morgan fingerprint density at radius 3 is 2.90 bits per heavy atom. The Kier molecular flexibility index (Phi) is 4.44. The molecule has 0 bridgehead atoms. The van der Waals surface area contributed by atoms with E-state index in [4.69, 9.17) is 10.5 Å². The molecule has 1 aliphatic heterocycles. The molecule has 2 aliphatic rings. The van der Waals surface area contributed by atoms with Crippen molar-refractivity contribution >= 4 is 5.91 Å². The van der Waals surface area contributed by atoms with Gasteiger partial charge in [0.2, 0.25) is 0 Å². The summed E-state index contributed by atoms with van der Waals surface area (Å²) >= 11 is 0. The van der Waals surface area contributed by atoms with Crippen LogP contribution in [-0.4, -0.2) is 25.1 Å². The summed E-state index contributed by atoms with van der Waals surface area (Å²) in [6.07, 6.45) is 7.08. The molecule has 3 N–H and O–H groups in total. The van der Waals surface area contributed by atoms with Crippen LogP contribution in [0.4, 0.5) is 0 Å². The minimum absolute atomic E-state index is 0.00859. The molecule has 4 nitrogen and oxygen atoms in total. The van der Waals surface area contributed by atoms with Gasteiger partial charge in [0.1, 0.15) is 5.75 Å². The van der Waals surface area contributed by atoms with Gasteiger partial charge in [0.25, 0.3) is 5.91 Å². The van der Waals surface area contributed by atoms with Crippen LogP contribution in [0.25, 0.3) is 0 Å². The van der Waals surface area contributed by atoms with E-state index < -0.39 is 0 Å². The number of hydrogen-bond acceptors (Lipinski definition) is 3. The van der Waals surface area contributed by atoms with E-state index in [1.165, 1.54) is 32.1 Å². The molecule has 1 amide bonds. The molecule has 3 rings (SSSR count). The lowest BCUT2D eigenvalue weighted by Gasteiger charge is -2.30. The van der Waals surface area contributed by atoms with Crippen LogP contribution in [0.1, 0.15) is 48.0 Å². The van der Waals surface area contributed by atoms with Crippen molar-refractivity contribution < 1.29 is 9.53 Å². The smallest absolute Gasteiger partial charge is 0.251 e. The first-order valence-corrected chi connectivity index (χ1v) is 8.04. The highest BCUT2D eigenvalue weighted by Crippen LogP contribution is 2.28. The quantitative estimate of drug-likeness (QED) is 0.893. The fraction of sp³-hybridized carbons (Fsp3) is 0.588. The second kappa shape index (κ2) is 6.48. The average molecular weight is 288 g/mol. The number of carbonyl (C=O) groups excluding carboxylic acids is 1. The fourth-order valence-electron chi connectivity index (χ4n) is 3.49. The molecule has 1 fully saturated rings. The second-order valence-electron chi connectivity index (χ2n) is 6.13. The van der Waals surface area contributed by atoms with Gasteiger partial charge >= 0.3 is 0 Å². The van der Waals surface area contributed by atoms with E-state index in [2.05, 4.69) is 5.32 Å². The minimum atomic E-state index is -0.00859. The topological polar surface area (TPSA) is 64.3 Å². The third-order valence-corrected chi connectivity index (χ3v) is 4.74. The van der Waals surface area contributed by atoms with E-state index in [-0.39, 0.29) is 11.9 Å². The summed E-state index contributed by atoms with van der Waals surface area (Å²) in [6, 6.07) is 5.79. The molecule has 114 valence electrons. The van der Waals surface area contributed by atoms with Crippen LogP contribution in [0.3, 0.4) is 0 Å². The van der Waals surface area contributed by atoms with Gasteiger partial charge in [0.05, 0.1) is 6.61 Å². The number of rotatable bonds is 4. The molecule has 1 saturated carbocycles. The molecule has 0 radical (unpaired) electrons. The van der Waals surface area contributed by atoms with Gasteiger partial charge in [0.15, 0.2) is 0 Å². The van der Waals surface area contributed by atoms with Gasteiger partial charge in [-0.15, -0.1) is 0 Å². The third kappa shape index (κ3) is 3.21. The summed E-state index contributed by atoms with van der Waals surface area (Å²) in [6.45, 7) is 1.23. The summed E-state index contributed by atoms with van der Waals surface area (Å²) in [5.74, 6) is 1.44. The Bertz CT molecular complexity index is 510. The van der Waals surface area contributed by atoms with Crippen LogP contribution in [0.15, 0.2) is 18.2 Å².